The van der Waals surface area contributed by atoms with E-state index in [2.05, 4.69) is 6.92 Å². The smallest absolute Gasteiger partial charge is 0.229 e. The molecule has 2 aliphatic rings. The Hall–Kier alpha value is -0.860. The minimum Gasteiger partial charge on any atom is -0.282 e. The molecule has 1 saturated carbocycles. The topological polar surface area (TPSA) is 37.4 Å². The zero-order valence-electron chi connectivity index (χ0n) is 9.37. The van der Waals surface area contributed by atoms with Crippen molar-refractivity contribution in [3.63, 3.8) is 0 Å². The lowest BCUT2D eigenvalue weighted by atomic mass is 9.82. The third-order valence-corrected chi connectivity index (χ3v) is 3.64. The molecule has 2 rings (SSSR count). The predicted octanol–water partition coefficient (Wildman–Crippen LogP) is 1.96. The maximum Gasteiger partial charge on any atom is 0.229 e. The normalized spacial score (nSPS) is 32.5. The Labute approximate surface area is 90.8 Å². The average molecular weight is 209 g/mol. The van der Waals surface area contributed by atoms with E-state index < -0.39 is 0 Å². The molecule has 0 aromatic rings. The number of rotatable bonds is 2. The van der Waals surface area contributed by atoms with E-state index in [1.807, 2.05) is 0 Å². The molecule has 1 heterocycles. The van der Waals surface area contributed by atoms with Gasteiger partial charge in [0.05, 0.1) is 0 Å². The molecule has 2 unspecified atom stereocenters. The van der Waals surface area contributed by atoms with Gasteiger partial charge in [-0.25, -0.2) is 0 Å². The second kappa shape index (κ2) is 4.33. The van der Waals surface area contributed by atoms with Crippen molar-refractivity contribution in [3.8, 4) is 0 Å². The van der Waals surface area contributed by atoms with E-state index in [-0.39, 0.29) is 11.8 Å². The fourth-order valence-corrected chi connectivity index (χ4v) is 2.81. The fraction of sp³-hybridized carbons (Fsp3) is 0.833. The van der Waals surface area contributed by atoms with Gasteiger partial charge in [-0.2, -0.15) is 0 Å². The molecule has 1 aliphatic carbocycles. The molecular formula is C12H19NO2. The Morgan fingerprint density at radius 1 is 1.20 bits per heavy atom. The number of likely N-dealkylation sites (tertiary alicyclic amines) is 1. The van der Waals surface area contributed by atoms with Crippen molar-refractivity contribution in [2.24, 2.45) is 11.8 Å². The van der Waals surface area contributed by atoms with Gasteiger partial charge in [0.25, 0.3) is 0 Å². The highest BCUT2D eigenvalue weighted by Gasteiger charge is 2.31. The van der Waals surface area contributed by atoms with Gasteiger partial charge in [0.1, 0.15) is 0 Å². The quantitative estimate of drug-likeness (QED) is 0.652. The van der Waals surface area contributed by atoms with Gasteiger partial charge < -0.3 is 0 Å². The Morgan fingerprint density at radius 3 is 2.47 bits per heavy atom. The van der Waals surface area contributed by atoms with Crippen LogP contribution in [0.3, 0.4) is 0 Å². The third kappa shape index (κ3) is 2.39. The lowest BCUT2D eigenvalue weighted by Gasteiger charge is -2.29. The molecule has 2 atom stereocenters. The monoisotopic (exact) mass is 209 g/mol. The minimum atomic E-state index is 0.0400. The van der Waals surface area contributed by atoms with Crippen molar-refractivity contribution >= 4 is 11.8 Å². The van der Waals surface area contributed by atoms with Crippen LogP contribution in [-0.2, 0) is 9.59 Å². The number of hydrogen-bond acceptors (Lipinski definition) is 2. The number of imide groups is 1. The van der Waals surface area contributed by atoms with Gasteiger partial charge in [-0.05, 0) is 24.7 Å². The zero-order chi connectivity index (χ0) is 10.8. The number of hydrogen-bond donors (Lipinski definition) is 0. The van der Waals surface area contributed by atoms with Crippen molar-refractivity contribution in [1.82, 2.24) is 4.90 Å². The van der Waals surface area contributed by atoms with Crippen molar-refractivity contribution in [3.05, 3.63) is 0 Å². The highest BCUT2D eigenvalue weighted by Crippen LogP contribution is 2.30. The highest BCUT2D eigenvalue weighted by molar-refractivity contribution is 6.01. The van der Waals surface area contributed by atoms with Crippen LogP contribution >= 0.6 is 0 Å². The molecule has 1 saturated heterocycles. The van der Waals surface area contributed by atoms with E-state index in [0.29, 0.717) is 25.3 Å². The van der Waals surface area contributed by atoms with Crippen LogP contribution in [0.2, 0.25) is 0 Å². The van der Waals surface area contributed by atoms with Gasteiger partial charge in [0, 0.05) is 19.4 Å². The molecule has 3 nitrogen and oxygen atoms in total. The van der Waals surface area contributed by atoms with E-state index in [0.717, 1.165) is 5.92 Å². The molecule has 0 aromatic heterocycles. The predicted molar refractivity (Wildman–Crippen MR) is 57.1 cm³/mol. The van der Waals surface area contributed by atoms with Crippen LogP contribution in [-0.4, -0.2) is 23.3 Å². The Morgan fingerprint density at radius 2 is 1.87 bits per heavy atom. The van der Waals surface area contributed by atoms with E-state index >= 15 is 0 Å². The molecule has 0 N–H and O–H groups in total. The Bertz CT molecular complexity index is 259. The number of carbonyl (C=O) groups excluding carboxylic acids is 2. The van der Waals surface area contributed by atoms with Crippen LogP contribution < -0.4 is 0 Å². The summed E-state index contributed by atoms with van der Waals surface area (Å²) in [6.07, 6.45) is 5.78. The summed E-state index contributed by atoms with van der Waals surface area (Å²) in [7, 11) is 0. The van der Waals surface area contributed by atoms with E-state index in [4.69, 9.17) is 0 Å². The first-order chi connectivity index (χ1) is 7.16. The second-order valence-corrected chi connectivity index (χ2v) is 5.04. The Balaban J connectivity index is 1.90. The van der Waals surface area contributed by atoms with E-state index in [9.17, 15) is 9.59 Å². The maximum absolute atomic E-state index is 11.4. The van der Waals surface area contributed by atoms with Crippen molar-refractivity contribution < 1.29 is 9.59 Å². The number of carbonyl (C=O) groups is 2. The van der Waals surface area contributed by atoms with Crippen LogP contribution in [0.1, 0.15) is 45.4 Å². The maximum atomic E-state index is 11.4. The molecule has 2 fully saturated rings. The van der Waals surface area contributed by atoms with Crippen LogP contribution in [0.4, 0.5) is 0 Å². The SMILES string of the molecule is CC1CCCC(CN2C(=O)CCC2=O)C1. The summed E-state index contributed by atoms with van der Waals surface area (Å²) in [6, 6.07) is 0. The summed E-state index contributed by atoms with van der Waals surface area (Å²) in [5.74, 6) is 1.40. The number of amides is 2. The lowest BCUT2D eigenvalue weighted by Crippen LogP contribution is -2.35. The van der Waals surface area contributed by atoms with Crippen LogP contribution in [0.25, 0.3) is 0 Å². The van der Waals surface area contributed by atoms with E-state index in [1.54, 1.807) is 0 Å². The summed E-state index contributed by atoms with van der Waals surface area (Å²) in [6.45, 7) is 2.95. The summed E-state index contributed by atoms with van der Waals surface area (Å²) in [4.78, 5) is 24.4. The Kier molecular flexibility index (Phi) is 3.08. The van der Waals surface area contributed by atoms with Crippen LogP contribution in [0.5, 0.6) is 0 Å². The van der Waals surface area contributed by atoms with Crippen LogP contribution in [0.15, 0.2) is 0 Å². The molecule has 2 amide bonds. The molecule has 15 heavy (non-hydrogen) atoms. The van der Waals surface area contributed by atoms with E-state index in [1.165, 1.54) is 30.6 Å². The molecule has 0 bridgehead atoms. The van der Waals surface area contributed by atoms with Crippen molar-refractivity contribution in [2.75, 3.05) is 6.54 Å². The van der Waals surface area contributed by atoms with Crippen molar-refractivity contribution in [2.45, 2.75) is 45.4 Å². The molecular weight excluding hydrogens is 190 g/mol. The first kappa shape index (κ1) is 10.7. The fourth-order valence-electron chi connectivity index (χ4n) is 2.81. The van der Waals surface area contributed by atoms with Gasteiger partial charge in [-0.3, -0.25) is 14.5 Å². The van der Waals surface area contributed by atoms with Gasteiger partial charge in [-0.1, -0.05) is 19.8 Å². The summed E-state index contributed by atoms with van der Waals surface area (Å²) in [5, 5.41) is 0. The van der Waals surface area contributed by atoms with Gasteiger partial charge in [0.2, 0.25) is 11.8 Å². The molecule has 3 heteroatoms. The third-order valence-electron chi connectivity index (χ3n) is 3.64. The summed E-state index contributed by atoms with van der Waals surface area (Å²) >= 11 is 0. The minimum absolute atomic E-state index is 0.0400. The van der Waals surface area contributed by atoms with Crippen molar-refractivity contribution in [1.29, 1.82) is 0 Å². The zero-order valence-corrected chi connectivity index (χ0v) is 9.37. The van der Waals surface area contributed by atoms with Gasteiger partial charge in [0.15, 0.2) is 0 Å². The highest BCUT2D eigenvalue weighted by atomic mass is 16.2. The first-order valence-corrected chi connectivity index (χ1v) is 6.00. The number of nitrogens with zero attached hydrogens (tertiary/aromatic N) is 1. The summed E-state index contributed by atoms with van der Waals surface area (Å²) in [5.41, 5.74) is 0. The van der Waals surface area contributed by atoms with Gasteiger partial charge in [-0.15, -0.1) is 0 Å². The standard InChI is InChI=1S/C12H19NO2/c1-9-3-2-4-10(7-9)8-13-11(14)5-6-12(13)15/h9-10H,2-8H2,1H3. The molecule has 0 spiro atoms. The largest absolute Gasteiger partial charge is 0.282 e. The van der Waals surface area contributed by atoms with Crippen LogP contribution in [0, 0.1) is 11.8 Å². The second-order valence-electron chi connectivity index (χ2n) is 5.04. The molecule has 0 aromatic carbocycles. The molecule has 0 radical (unpaired) electrons. The lowest BCUT2D eigenvalue weighted by molar-refractivity contribution is -0.139. The van der Waals surface area contributed by atoms with Gasteiger partial charge >= 0.3 is 0 Å². The molecule has 1 aliphatic heterocycles. The summed E-state index contributed by atoms with van der Waals surface area (Å²) < 4.78 is 0. The molecule has 84 valence electrons. The first-order valence-electron chi connectivity index (χ1n) is 6.00. The average Bonchev–Trinajstić information content (AvgIpc) is 2.50.